The van der Waals surface area contributed by atoms with Gasteiger partial charge in [0.25, 0.3) is 0 Å². The molecule has 2 heterocycles. The Balaban J connectivity index is 1.39. The van der Waals surface area contributed by atoms with Crippen molar-refractivity contribution >= 4 is 5.91 Å². The first kappa shape index (κ1) is 23.4. The topological polar surface area (TPSA) is 66.1 Å². The average molecular weight is 441 g/mol. The molecule has 4 fully saturated rings. The predicted molar refractivity (Wildman–Crippen MR) is 117 cm³/mol. The number of hydrogen-bond donors (Lipinski definition) is 2. The smallest absolute Gasteiger partial charge is 0.229 e. The van der Waals surface area contributed by atoms with E-state index in [2.05, 4.69) is 29.4 Å². The maximum atomic E-state index is 14.8. The minimum atomic E-state index is -1.11. The number of hydrogen-bond acceptors (Lipinski definition) is 6. The summed E-state index contributed by atoms with van der Waals surface area (Å²) < 4.78 is 25.7. The number of fused-ring (bicyclic) bond motifs is 1. The summed E-state index contributed by atoms with van der Waals surface area (Å²) in [7, 11) is 3.44. The number of ether oxygens (including phenoxy) is 2. The number of carbonyl (C=O) groups excluding carboxylic acids is 1. The van der Waals surface area contributed by atoms with Crippen LogP contribution in [-0.2, 0) is 14.3 Å². The quantitative estimate of drug-likeness (QED) is 0.694. The highest BCUT2D eigenvalue weighted by molar-refractivity contribution is 5.80. The Morgan fingerprint density at radius 2 is 1.58 bits per heavy atom. The minimum Gasteiger partial charge on any atom is -0.381 e. The van der Waals surface area contributed by atoms with Crippen LogP contribution >= 0.6 is 0 Å². The zero-order chi connectivity index (χ0) is 22.1. The van der Waals surface area contributed by atoms with E-state index in [-0.39, 0.29) is 24.1 Å². The molecular weight excluding hydrogens is 399 g/mol. The van der Waals surface area contributed by atoms with E-state index < -0.39 is 12.1 Å². The van der Waals surface area contributed by atoms with Crippen LogP contribution in [0.3, 0.4) is 0 Å². The molecule has 1 amide bonds. The van der Waals surface area contributed by atoms with Crippen molar-refractivity contribution in [1.29, 1.82) is 0 Å². The number of alkyl halides is 1. The molecule has 9 atom stereocenters. The molecule has 0 spiro atoms. The van der Waals surface area contributed by atoms with Crippen molar-refractivity contribution in [2.75, 3.05) is 34.0 Å². The molecule has 31 heavy (non-hydrogen) atoms. The summed E-state index contributed by atoms with van der Waals surface area (Å²) in [4.78, 5) is 17.8. The molecule has 8 heteroatoms. The number of halogens is 1. The molecule has 0 aromatic heterocycles. The molecule has 0 radical (unpaired) electrons. The van der Waals surface area contributed by atoms with Crippen molar-refractivity contribution in [1.82, 2.24) is 20.4 Å². The van der Waals surface area contributed by atoms with Gasteiger partial charge in [0, 0.05) is 64.4 Å². The van der Waals surface area contributed by atoms with Gasteiger partial charge >= 0.3 is 0 Å². The second kappa shape index (κ2) is 10.00. The Kier molecular flexibility index (Phi) is 7.53. The summed E-state index contributed by atoms with van der Waals surface area (Å²) in [6.07, 6.45) is 4.48. The number of methoxy groups -OCH3 is 2. The predicted octanol–water partition coefficient (Wildman–Crippen LogP) is 1.72. The largest absolute Gasteiger partial charge is 0.381 e. The van der Waals surface area contributed by atoms with Crippen LogP contribution in [0.2, 0.25) is 0 Å². The van der Waals surface area contributed by atoms with Crippen LogP contribution in [0.15, 0.2) is 0 Å². The first-order valence-corrected chi connectivity index (χ1v) is 12.2. The Morgan fingerprint density at radius 3 is 2.23 bits per heavy atom. The van der Waals surface area contributed by atoms with Gasteiger partial charge in [0.2, 0.25) is 5.91 Å². The second-order valence-corrected chi connectivity index (χ2v) is 10.2. The zero-order valence-corrected chi connectivity index (χ0v) is 19.6. The lowest BCUT2D eigenvalue weighted by molar-refractivity contribution is -0.150. The lowest BCUT2D eigenvalue weighted by atomic mass is 9.79. The fourth-order valence-electron chi connectivity index (χ4n) is 6.62. The van der Waals surface area contributed by atoms with Crippen LogP contribution in [0.4, 0.5) is 4.39 Å². The molecule has 2 saturated heterocycles. The summed E-state index contributed by atoms with van der Waals surface area (Å²) in [5, 5.41) is 7.31. The molecule has 7 nitrogen and oxygen atoms in total. The van der Waals surface area contributed by atoms with Crippen molar-refractivity contribution in [2.45, 2.75) is 95.0 Å². The van der Waals surface area contributed by atoms with E-state index >= 15 is 0 Å². The van der Waals surface area contributed by atoms with E-state index in [1.54, 1.807) is 7.11 Å². The molecule has 178 valence electrons. The zero-order valence-electron chi connectivity index (χ0n) is 19.6. The summed E-state index contributed by atoms with van der Waals surface area (Å²) in [6, 6.07) is 0.626. The molecule has 4 rings (SSSR count). The van der Waals surface area contributed by atoms with Crippen LogP contribution in [0, 0.1) is 11.8 Å². The average Bonchev–Trinajstić information content (AvgIpc) is 2.77. The van der Waals surface area contributed by atoms with Gasteiger partial charge in [-0.15, -0.1) is 0 Å². The van der Waals surface area contributed by atoms with E-state index in [1.807, 2.05) is 12.0 Å². The molecule has 4 aliphatic rings. The van der Waals surface area contributed by atoms with Gasteiger partial charge in [0.05, 0.1) is 24.3 Å². The molecule has 0 bridgehead atoms. The SMILES string of the molecule is COC1CCC(C(=O)N2[C@H](C)CN(C3NCNC4CC(OC)CCC43)C[C@H]2C)C(F)C1. The molecule has 0 aromatic carbocycles. The van der Waals surface area contributed by atoms with Gasteiger partial charge in [-0.3, -0.25) is 15.0 Å². The van der Waals surface area contributed by atoms with Gasteiger partial charge in [0.1, 0.15) is 6.17 Å². The lowest BCUT2D eigenvalue weighted by Gasteiger charge is -2.53. The highest BCUT2D eigenvalue weighted by Gasteiger charge is 2.46. The minimum absolute atomic E-state index is 0.00143. The number of rotatable bonds is 4. The van der Waals surface area contributed by atoms with E-state index in [0.29, 0.717) is 37.1 Å². The second-order valence-electron chi connectivity index (χ2n) is 10.2. The molecular formula is C23H41FN4O3. The highest BCUT2D eigenvalue weighted by Crippen LogP contribution is 2.35. The van der Waals surface area contributed by atoms with Gasteiger partial charge in [-0.1, -0.05) is 0 Å². The van der Waals surface area contributed by atoms with Crippen LogP contribution in [-0.4, -0.2) is 92.4 Å². The van der Waals surface area contributed by atoms with Gasteiger partial charge in [0.15, 0.2) is 0 Å². The van der Waals surface area contributed by atoms with Crippen molar-refractivity contribution in [3.05, 3.63) is 0 Å². The summed E-state index contributed by atoms with van der Waals surface area (Å²) >= 11 is 0. The van der Waals surface area contributed by atoms with E-state index in [9.17, 15) is 9.18 Å². The third-order valence-electron chi connectivity index (χ3n) is 8.24. The normalized spacial score (nSPS) is 44.7. The fraction of sp³-hybridized carbons (Fsp3) is 0.957. The van der Waals surface area contributed by atoms with E-state index in [4.69, 9.17) is 9.47 Å². The lowest BCUT2D eigenvalue weighted by Crippen LogP contribution is -2.70. The van der Waals surface area contributed by atoms with E-state index in [1.165, 1.54) is 0 Å². The van der Waals surface area contributed by atoms with Crippen molar-refractivity contribution in [3.8, 4) is 0 Å². The summed E-state index contributed by atoms with van der Waals surface area (Å²) in [6.45, 7) is 6.70. The third kappa shape index (κ3) is 4.78. The van der Waals surface area contributed by atoms with Crippen LogP contribution in [0.25, 0.3) is 0 Å². The molecule has 2 saturated carbocycles. The van der Waals surface area contributed by atoms with Crippen LogP contribution in [0.5, 0.6) is 0 Å². The number of nitrogens with zero attached hydrogens (tertiary/aromatic N) is 2. The Hall–Kier alpha value is -0.800. The summed E-state index contributed by atoms with van der Waals surface area (Å²) in [5.41, 5.74) is 0. The monoisotopic (exact) mass is 440 g/mol. The molecule has 0 aromatic rings. The number of piperazine rings is 1. The standard InChI is InChI=1S/C23H41FN4O3/c1-14-11-27(22-19-8-6-17(31-4)10-21(19)25-13-26-22)12-15(2)28(14)23(29)18-7-5-16(30-3)9-20(18)24/h14-22,25-26H,5-13H2,1-4H3/t14-,15-,16?,17?,18?,19?,20?,21?,22?/m1/s1. The molecule has 2 aliphatic heterocycles. The Morgan fingerprint density at radius 1 is 0.935 bits per heavy atom. The van der Waals surface area contributed by atoms with Crippen LogP contribution in [0.1, 0.15) is 52.4 Å². The van der Waals surface area contributed by atoms with Gasteiger partial charge in [-0.05, 0) is 46.0 Å². The van der Waals surface area contributed by atoms with Crippen molar-refractivity contribution in [2.24, 2.45) is 11.8 Å². The number of amides is 1. The maximum absolute atomic E-state index is 14.8. The fourth-order valence-corrected chi connectivity index (χ4v) is 6.62. The van der Waals surface area contributed by atoms with Crippen molar-refractivity contribution < 1.29 is 18.7 Å². The maximum Gasteiger partial charge on any atom is 0.229 e. The first-order chi connectivity index (χ1) is 14.9. The molecule has 2 N–H and O–H groups in total. The Bertz CT molecular complexity index is 614. The third-order valence-corrected chi connectivity index (χ3v) is 8.24. The van der Waals surface area contributed by atoms with E-state index in [0.717, 1.165) is 45.4 Å². The molecule has 7 unspecified atom stereocenters. The van der Waals surface area contributed by atoms with Crippen LogP contribution < -0.4 is 10.6 Å². The van der Waals surface area contributed by atoms with Gasteiger partial charge in [-0.2, -0.15) is 0 Å². The number of nitrogens with one attached hydrogen (secondary N) is 2. The summed E-state index contributed by atoms with van der Waals surface area (Å²) in [5.74, 6) is 0.0216. The number of carbonyl (C=O) groups is 1. The first-order valence-electron chi connectivity index (χ1n) is 12.2. The van der Waals surface area contributed by atoms with Gasteiger partial charge < -0.3 is 19.7 Å². The highest BCUT2D eigenvalue weighted by atomic mass is 19.1. The Labute approximate surface area is 186 Å². The molecule has 2 aliphatic carbocycles. The van der Waals surface area contributed by atoms with Crippen molar-refractivity contribution in [3.63, 3.8) is 0 Å². The van der Waals surface area contributed by atoms with Gasteiger partial charge in [-0.25, -0.2) is 4.39 Å².